The number of nitrogen functional groups attached to an aromatic ring is 1. The van der Waals surface area contributed by atoms with Crippen LogP contribution in [0.3, 0.4) is 0 Å². The molecule has 0 spiro atoms. The highest BCUT2D eigenvalue weighted by molar-refractivity contribution is 6.00. The molecule has 4 heterocycles. The topological polar surface area (TPSA) is 175 Å². The van der Waals surface area contributed by atoms with Crippen molar-refractivity contribution in [3.05, 3.63) is 36.0 Å². The molecule has 37 heavy (non-hydrogen) atoms. The number of hydrogen-bond donors (Lipinski definition) is 3. The van der Waals surface area contributed by atoms with E-state index in [9.17, 15) is 9.59 Å². The van der Waals surface area contributed by atoms with Crippen LogP contribution in [0.2, 0.25) is 0 Å². The van der Waals surface area contributed by atoms with Crippen molar-refractivity contribution in [1.82, 2.24) is 35.2 Å². The van der Waals surface area contributed by atoms with Crippen LogP contribution in [-0.2, 0) is 16.1 Å². The second-order valence-electron chi connectivity index (χ2n) is 9.46. The summed E-state index contributed by atoms with van der Waals surface area (Å²) in [5, 5.41) is 21.3. The van der Waals surface area contributed by atoms with Crippen molar-refractivity contribution >= 4 is 28.7 Å². The van der Waals surface area contributed by atoms with Gasteiger partial charge in [-0.15, -0.1) is 0 Å². The Morgan fingerprint density at radius 1 is 1.19 bits per heavy atom. The molecule has 192 valence electrons. The van der Waals surface area contributed by atoms with Crippen LogP contribution in [0.1, 0.15) is 69.2 Å². The number of rotatable bonds is 10. The number of amides is 1. The minimum atomic E-state index is -0.912. The first-order chi connectivity index (χ1) is 17.8. The predicted molar refractivity (Wildman–Crippen MR) is 134 cm³/mol. The van der Waals surface area contributed by atoms with Crippen molar-refractivity contribution in [3.8, 4) is 22.6 Å². The third kappa shape index (κ3) is 4.99. The SMILES string of the molecule is CC(C)n1nc(-c2noc(C3CC3)c2-c2ccc(CNC(=O)CCCC(=O)O)cn2)c2c(N)ncnc21. The lowest BCUT2D eigenvalue weighted by Crippen LogP contribution is -2.22. The second-order valence-corrected chi connectivity index (χ2v) is 9.46. The second kappa shape index (κ2) is 9.96. The number of anilines is 1. The zero-order chi connectivity index (χ0) is 26.1. The lowest BCUT2D eigenvalue weighted by atomic mass is 10.0. The fraction of sp³-hybridized carbons (Fsp3) is 0.400. The van der Waals surface area contributed by atoms with Crippen LogP contribution < -0.4 is 11.1 Å². The number of pyridine rings is 1. The van der Waals surface area contributed by atoms with Gasteiger partial charge in [-0.05, 0) is 44.7 Å². The summed E-state index contributed by atoms with van der Waals surface area (Å²) in [4.78, 5) is 35.8. The van der Waals surface area contributed by atoms with Crippen molar-refractivity contribution < 1.29 is 19.2 Å². The normalized spacial score (nSPS) is 13.4. The molecule has 0 saturated heterocycles. The maximum atomic E-state index is 12.0. The highest BCUT2D eigenvalue weighted by atomic mass is 16.5. The Balaban J connectivity index is 1.45. The van der Waals surface area contributed by atoms with Gasteiger partial charge in [0.25, 0.3) is 0 Å². The van der Waals surface area contributed by atoms with Crippen molar-refractivity contribution in [2.75, 3.05) is 5.73 Å². The van der Waals surface area contributed by atoms with Crippen LogP contribution in [0.4, 0.5) is 5.82 Å². The Bertz CT molecular complexity index is 1450. The van der Waals surface area contributed by atoms with Gasteiger partial charge in [0.2, 0.25) is 5.91 Å². The van der Waals surface area contributed by atoms with Crippen LogP contribution in [0.5, 0.6) is 0 Å². The van der Waals surface area contributed by atoms with Crippen molar-refractivity contribution in [2.24, 2.45) is 0 Å². The monoisotopic (exact) mass is 504 g/mol. The van der Waals surface area contributed by atoms with Crippen molar-refractivity contribution in [3.63, 3.8) is 0 Å². The number of nitrogens with one attached hydrogen (secondary N) is 1. The van der Waals surface area contributed by atoms with E-state index in [0.29, 0.717) is 46.9 Å². The molecule has 12 nitrogen and oxygen atoms in total. The molecule has 1 fully saturated rings. The molecule has 0 unspecified atom stereocenters. The van der Waals surface area contributed by atoms with Gasteiger partial charge in [-0.1, -0.05) is 11.2 Å². The Morgan fingerprint density at radius 2 is 2.00 bits per heavy atom. The number of nitrogens with two attached hydrogens (primary N) is 1. The zero-order valence-electron chi connectivity index (χ0n) is 20.6. The van der Waals surface area contributed by atoms with Gasteiger partial charge in [0.1, 0.15) is 29.3 Å². The fourth-order valence-corrected chi connectivity index (χ4v) is 4.22. The van der Waals surface area contributed by atoms with E-state index < -0.39 is 5.97 Å². The molecule has 4 N–H and O–H groups in total. The molecule has 0 aliphatic heterocycles. The van der Waals surface area contributed by atoms with Gasteiger partial charge in [-0.2, -0.15) is 5.10 Å². The van der Waals surface area contributed by atoms with E-state index in [0.717, 1.165) is 29.7 Å². The molecule has 0 radical (unpaired) electrons. The van der Waals surface area contributed by atoms with Gasteiger partial charge in [0.05, 0.1) is 16.6 Å². The van der Waals surface area contributed by atoms with Crippen LogP contribution in [0.15, 0.2) is 29.2 Å². The number of aromatic nitrogens is 6. The van der Waals surface area contributed by atoms with Crippen LogP contribution in [0, 0.1) is 0 Å². The average molecular weight is 505 g/mol. The number of carboxylic acids is 1. The summed E-state index contributed by atoms with van der Waals surface area (Å²) in [5.41, 5.74) is 10.2. The smallest absolute Gasteiger partial charge is 0.303 e. The van der Waals surface area contributed by atoms with Crippen molar-refractivity contribution in [1.29, 1.82) is 0 Å². The molecule has 0 atom stereocenters. The maximum Gasteiger partial charge on any atom is 0.303 e. The van der Waals surface area contributed by atoms with E-state index in [-0.39, 0.29) is 30.7 Å². The summed E-state index contributed by atoms with van der Waals surface area (Å²) >= 11 is 0. The summed E-state index contributed by atoms with van der Waals surface area (Å²) in [6.45, 7) is 4.32. The Hall–Kier alpha value is -4.35. The molecule has 0 aromatic carbocycles. The van der Waals surface area contributed by atoms with Gasteiger partial charge in [-0.25, -0.2) is 14.6 Å². The molecule has 5 rings (SSSR count). The molecule has 0 bridgehead atoms. The summed E-state index contributed by atoms with van der Waals surface area (Å²) < 4.78 is 7.63. The van der Waals surface area contributed by atoms with E-state index in [1.54, 1.807) is 10.9 Å². The molecular formula is C25H28N8O4. The first-order valence-electron chi connectivity index (χ1n) is 12.3. The summed E-state index contributed by atoms with van der Waals surface area (Å²) in [5.74, 6) is 0.247. The Morgan fingerprint density at radius 3 is 2.68 bits per heavy atom. The zero-order valence-corrected chi connectivity index (χ0v) is 20.6. The third-order valence-electron chi connectivity index (χ3n) is 6.26. The van der Waals surface area contributed by atoms with Crippen LogP contribution in [-0.4, -0.2) is 46.9 Å². The average Bonchev–Trinajstić information content (AvgIpc) is 3.49. The molecule has 4 aromatic heterocycles. The van der Waals surface area contributed by atoms with Gasteiger partial charge in [0.15, 0.2) is 5.65 Å². The van der Waals surface area contributed by atoms with Gasteiger partial charge in [-0.3, -0.25) is 14.6 Å². The number of aliphatic carboxylic acids is 1. The molecule has 1 aliphatic rings. The summed E-state index contributed by atoms with van der Waals surface area (Å²) in [6.07, 6.45) is 5.58. The van der Waals surface area contributed by atoms with Gasteiger partial charge >= 0.3 is 5.97 Å². The quantitative estimate of drug-likeness (QED) is 0.290. The van der Waals surface area contributed by atoms with E-state index >= 15 is 0 Å². The molecule has 1 saturated carbocycles. The number of nitrogens with zero attached hydrogens (tertiary/aromatic N) is 6. The minimum absolute atomic E-state index is 0.0312. The first kappa shape index (κ1) is 24.3. The molecular weight excluding hydrogens is 476 g/mol. The van der Waals surface area contributed by atoms with E-state index in [2.05, 4.69) is 25.4 Å². The number of carbonyl (C=O) groups is 2. The highest BCUT2D eigenvalue weighted by Gasteiger charge is 2.35. The highest BCUT2D eigenvalue weighted by Crippen LogP contribution is 2.48. The first-order valence-corrected chi connectivity index (χ1v) is 12.3. The molecule has 1 amide bonds. The third-order valence-corrected chi connectivity index (χ3v) is 6.26. The largest absolute Gasteiger partial charge is 0.481 e. The minimum Gasteiger partial charge on any atom is -0.481 e. The maximum absolute atomic E-state index is 12.0. The van der Waals surface area contributed by atoms with Crippen LogP contribution in [0.25, 0.3) is 33.7 Å². The molecule has 4 aromatic rings. The van der Waals surface area contributed by atoms with Crippen LogP contribution >= 0.6 is 0 Å². The number of carbonyl (C=O) groups excluding carboxylic acids is 1. The standard InChI is InChI=1S/C25H28N8O4/c1-13(2)33-25-20(24(26)29-12-30-25)21(31-33)22-19(23(37-32-22)15-7-8-15)16-9-6-14(10-27-16)11-28-17(34)4-3-5-18(35)36/h6,9-10,12-13,15H,3-5,7-8,11H2,1-2H3,(H,28,34)(H,35,36)(H2,26,29,30). The number of carboxylic acid groups (broad SMARTS) is 1. The molecule has 1 aliphatic carbocycles. The van der Waals surface area contributed by atoms with Gasteiger partial charge in [0, 0.05) is 37.5 Å². The van der Waals surface area contributed by atoms with E-state index in [1.165, 1.54) is 6.33 Å². The Labute approximate surface area is 212 Å². The van der Waals surface area contributed by atoms with E-state index in [4.69, 9.17) is 20.5 Å². The number of hydrogen-bond acceptors (Lipinski definition) is 9. The molecule has 12 heteroatoms. The Kier molecular flexibility index (Phi) is 6.55. The lowest BCUT2D eigenvalue weighted by molar-refractivity contribution is -0.137. The van der Waals surface area contributed by atoms with Gasteiger partial charge < -0.3 is 20.7 Å². The number of fused-ring (bicyclic) bond motifs is 1. The fourth-order valence-electron chi connectivity index (χ4n) is 4.22. The summed E-state index contributed by atoms with van der Waals surface area (Å²) in [7, 11) is 0. The van der Waals surface area contributed by atoms with Crippen molar-refractivity contribution in [2.45, 2.75) is 64.5 Å². The lowest BCUT2D eigenvalue weighted by Gasteiger charge is -2.07. The van der Waals surface area contributed by atoms with E-state index in [1.807, 2.05) is 26.0 Å². The summed E-state index contributed by atoms with van der Waals surface area (Å²) in [6, 6.07) is 3.80. The predicted octanol–water partition coefficient (Wildman–Crippen LogP) is 3.45.